The number of nitrogens with one attached hydrogen (secondary N) is 2. The molecule has 8 heteroatoms. The number of carbonyl (C=O) groups is 2. The molecule has 27 heavy (non-hydrogen) atoms. The number of halogens is 1. The molecule has 1 aromatic carbocycles. The van der Waals surface area contributed by atoms with Crippen molar-refractivity contribution >= 4 is 35.0 Å². The van der Waals surface area contributed by atoms with Crippen LogP contribution in [0.15, 0.2) is 24.3 Å². The second kappa shape index (κ2) is 8.35. The third-order valence-electron chi connectivity index (χ3n) is 4.41. The smallest absolute Gasteiger partial charge is 0.337 e. The summed E-state index contributed by atoms with van der Waals surface area (Å²) in [6.45, 7) is 1.71. The Kier molecular flexibility index (Phi) is 5.91. The summed E-state index contributed by atoms with van der Waals surface area (Å²) in [6, 6.07) is 6.51. The van der Waals surface area contributed by atoms with E-state index >= 15 is 0 Å². The highest BCUT2D eigenvalue weighted by atomic mass is 35.5. The maximum Gasteiger partial charge on any atom is 0.337 e. The molecular weight excluding hydrogens is 368 g/mol. The van der Waals surface area contributed by atoms with Gasteiger partial charge in [-0.3, -0.25) is 4.79 Å². The largest absolute Gasteiger partial charge is 0.465 e. The highest BCUT2D eigenvalue weighted by Crippen LogP contribution is 2.26. The molecule has 2 N–H and O–H groups in total. The quantitative estimate of drug-likeness (QED) is 0.759. The number of aryl methyl sites for hydroxylation is 1. The molecular formula is C19H21ClN4O3. The first-order chi connectivity index (χ1) is 13.0. The SMILES string of the molecule is COC(=O)c1ccc(Cl)c(Nc2cc(C(=O)NC3CCCC3)nc(C)n2)c1. The molecule has 1 amide bonds. The van der Waals surface area contributed by atoms with E-state index in [1.54, 1.807) is 31.2 Å². The third kappa shape index (κ3) is 4.74. The lowest BCUT2D eigenvalue weighted by Gasteiger charge is -2.13. The van der Waals surface area contributed by atoms with Gasteiger partial charge in [-0.15, -0.1) is 0 Å². The van der Waals surface area contributed by atoms with Crippen molar-refractivity contribution in [2.45, 2.75) is 38.6 Å². The van der Waals surface area contributed by atoms with Gasteiger partial charge in [0.05, 0.1) is 23.4 Å². The Morgan fingerprint density at radius 3 is 2.63 bits per heavy atom. The summed E-state index contributed by atoms with van der Waals surface area (Å²) in [5.41, 5.74) is 1.13. The number of amides is 1. The van der Waals surface area contributed by atoms with Gasteiger partial charge in [-0.2, -0.15) is 0 Å². The van der Waals surface area contributed by atoms with Crippen molar-refractivity contribution in [3.05, 3.63) is 46.4 Å². The number of anilines is 2. The highest BCUT2D eigenvalue weighted by Gasteiger charge is 2.19. The Bertz CT molecular complexity index is 866. The Hall–Kier alpha value is -2.67. The van der Waals surface area contributed by atoms with Gasteiger partial charge in [0.1, 0.15) is 17.3 Å². The van der Waals surface area contributed by atoms with Crippen molar-refractivity contribution in [1.29, 1.82) is 0 Å². The van der Waals surface area contributed by atoms with Gasteiger partial charge in [0, 0.05) is 12.1 Å². The zero-order valence-electron chi connectivity index (χ0n) is 15.2. The molecule has 0 unspecified atom stereocenters. The van der Waals surface area contributed by atoms with Crippen LogP contribution in [0.2, 0.25) is 5.02 Å². The van der Waals surface area contributed by atoms with Crippen LogP contribution in [-0.2, 0) is 4.74 Å². The minimum atomic E-state index is -0.467. The van der Waals surface area contributed by atoms with E-state index in [1.807, 2.05) is 0 Å². The van der Waals surface area contributed by atoms with Crippen LogP contribution in [0.4, 0.5) is 11.5 Å². The molecule has 0 saturated heterocycles. The number of carbonyl (C=O) groups excluding carboxylic acids is 2. The lowest BCUT2D eigenvalue weighted by atomic mass is 10.2. The van der Waals surface area contributed by atoms with Crippen molar-refractivity contribution in [2.24, 2.45) is 0 Å². The van der Waals surface area contributed by atoms with Crippen molar-refractivity contribution < 1.29 is 14.3 Å². The van der Waals surface area contributed by atoms with Crippen molar-refractivity contribution in [3.63, 3.8) is 0 Å². The molecule has 1 aromatic heterocycles. The number of ether oxygens (including phenoxy) is 1. The second-order valence-corrected chi connectivity index (χ2v) is 6.86. The van der Waals surface area contributed by atoms with Gasteiger partial charge in [0.2, 0.25) is 0 Å². The summed E-state index contributed by atoms with van der Waals surface area (Å²) < 4.78 is 4.73. The van der Waals surface area contributed by atoms with Gasteiger partial charge < -0.3 is 15.4 Å². The van der Waals surface area contributed by atoms with E-state index in [2.05, 4.69) is 20.6 Å². The van der Waals surface area contributed by atoms with Crippen LogP contribution in [0.25, 0.3) is 0 Å². The highest BCUT2D eigenvalue weighted by molar-refractivity contribution is 6.33. The molecule has 7 nitrogen and oxygen atoms in total. The van der Waals surface area contributed by atoms with E-state index in [-0.39, 0.29) is 17.6 Å². The molecule has 1 aliphatic carbocycles. The second-order valence-electron chi connectivity index (χ2n) is 6.45. The lowest BCUT2D eigenvalue weighted by Crippen LogP contribution is -2.33. The van der Waals surface area contributed by atoms with Gasteiger partial charge >= 0.3 is 5.97 Å². The van der Waals surface area contributed by atoms with E-state index in [4.69, 9.17) is 16.3 Å². The fraction of sp³-hybridized carbons (Fsp3) is 0.368. The summed E-state index contributed by atoms with van der Waals surface area (Å²) in [7, 11) is 1.31. The van der Waals surface area contributed by atoms with Crippen LogP contribution in [-0.4, -0.2) is 35.0 Å². The number of methoxy groups -OCH3 is 1. The molecule has 1 fully saturated rings. The van der Waals surface area contributed by atoms with Crippen LogP contribution in [0.1, 0.15) is 52.4 Å². The Morgan fingerprint density at radius 1 is 1.19 bits per heavy atom. The van der Waals surface area contributed by atoms with Crippen LogP contribution in [0, 0.1) is 6.92 Å². The predicted molar refractivity (Wildman–Crippen MR) is 103 cm³/mol. The first-order valence-corrected chi connectivity index (χ1v) is 9.15. The van der Waals surface area contributed by atoms with Gasteiger partial charge in [0.25, 0.3) is 5.91 Å². The zero-order valence-corrected chi connectivity index (χ0v) is 16.0. The average Bonchev–Trinajstić information content (AvgIpc) is 3.15. The summed E-state index contributed by atoms with van der Waals surface area (Å²) in [5, 5.41) is 6.48. The van der Waals surface area contributed by atoms with Gasteiger partial charge in [0.15, 0.2) is 0 Å². The molecule has 0 spiro atoms. The zero-order chi connectivity index (χ0) is 19.4. The minimum absolute atomic E-state index is 0.204. The fourth-order valence-electron chi connectivity index (χ4n) is 3.08. The van der Waals surface area contributed by atoms with Crippen LogP contribution >= 0.6 is 11.6 Å². The first kappa shape index (κ1) is 19.1. The Morgan fingerprint density at radius 2 is 1.93 bits per heavy atom. The normalized spacial score (nSPS) is 14.0. The van der Waals surface area contributed by atoms with Crippen molar-refractivity contribution in [2.75, 3.05) is 12.4 Å². The van der Waals surface area contributed by atoms with Crippen molar-refractivity contribution in [1.82, 2.24) is 15.3 Å². The number of esters is 1. The summed E-state index contributed by atoms with van der Waals surface area (Å²) in [4.78, 5) is 32.7. The number of benzene rings is 1. The monoisotopic (exact) mass is 388 g/mol. The van der Waals surface area contributed by atoms with Gasteiger partial charge in [-0.05, 0) is 38.0 Å². The van der Waals surface area contributed by atoms with E-state index in [9.17, 15) is 9.59 Å². The molecule has 2 aromatic rings. The van der Waals surface area contributed by atoms with E-state index in [1.165, 1.54) is 7.11 Å². The molecule has 1 aliphatic rings. The maximum atomic E-state index is 12.5. The van der Waals surface area contributed by atoms with Crippen LogP contribution in [0.3, 0.4) is 0 Å². The average molecular weight is 389 g/mol. The van der Waals surface area contributed by atoms with Gasteiger partial charge in [-0.25, -0.2) is 14.8 Å². The molecule has 142 valence electrons. The number of nitrogens with zero attached hydrogens (tertiary/aromatic N) is 2. The fourth-order valence-corrected chi connectivity index (χ4v) is 3.25. The standard InChI is InChI=1S/C19H21ClN4O3/c1-11-21-16(18(25)23-13-5-3-4-6-13)10-17(22-11)24-15-9-12(19(26)27-2)7-8-14(15)20/h7-10,13H,3-6H2,1-2H3,(H,23,25)(H,21,22,24). The molecule has 0 atom stereocenters. The van der Waals surface area contributed by atoms with E-state index in [0.717, 1.165) is 25.7 Å². The number of rotatable bonds is 5. The molecule has 1 heterocycles. The molecule has 0 aliphatic heterocycles. The summed E-state index contributed by atoms with van der Waals surface area (Å²) in [5.74, 6) is 0.190. The third-order valence-corrected chi connectivity index (χ3v) is 4.74. The van der Waals surface area contributed by atoms with Crippen LogP contribution in [0.5, 0.6) is 0 Å². The molecule has 0 bridgehead atoms. The topological polar surface area (TPSA) is 93.2 Å². The number of hydrogen-bond donors (Lipinski definition) is 2. The lowest BCUT2D eigenvalue weighted by molar-refractivity contribution is 0.0600. The summed E-state index contributed by atoms with van der Waals surface area (Å²) in [6.07, 6.45) is 4.26. The van der Waals surface area contributed by atoms with E-state index in [0.29, 0.717) is 27.9 Å². The van der Waals surface area contributed by atoms with E-state index < -0.39 is 5.97 Å². The predicted octanol–water partition coefficient (Wildman–Crippen LogP) is 3.64. The van der Waals surface area contributed by atoms with Gasteiger partial charge in [-0.1, -0.05) is 24.4 Å². The first-order valence-electron chi connectivity index (χ1n) is 8.77. The Balaban J connectivity index is 1.82. The Labute approximate surface area is 162 Å². The minimum Gasteiger partial charge on any atom is -0.465 e. The molecule has 1 saturated carbocycles. The summed E-state index contributed by atoms with van der Waals surface area (Å²) >= 11 is 6.21. The molecule has 0 radical (unpaired) electrons. The number of aromatic nitrogens is 2. The maximum absolute atomic E-state index is 12.5. The number of hydrogen-bond acceptors (Lipinski definition) is 6. The van der Waals surface area contributed by atoms with Crippen molar-refractivity contribution in [3.8, 4) is 0 Å². The van der Waals surface area contributed by atoms with Crippen LogP contribution < -0.4 is 10.6 Å². The molecule has 3 rings (SSSR count).